The quantitative estimate of drug-likeness (QED) is 0.504. The van der Waals surface area contributed by atoms with E-state index in [9.17, 15) is 24.6 Å². The van der Waals surface area contributed by atoms with E-state index in [1.54, 1.807) is 18.2 Å². The third kappa shape index (κ3) is 4.81. The van der Waals surface area contributed by atoms with E-state index in [2.05, 4.69) is 11.8 Å². The lowest BCUT2D eigenvalue weighted by molar-refractivity contribution is -0.182. The molecule has 4 aliphatic carbocycles. The summed E-state index contributed by atoms with van der Waals surface area (Å²) in [6.45, 7) is 7.42. The number of ketones is 2. The fourth-order valence-electron chi connectivity index (χ4n) is 9.30. The van der Waals surface area contributed by atoms with Crippen molar-refractivity contribution in [1.29, 1.82) is 0 Å². The molecule has 1 saturated heterocycles. The minimum absolute atomic E-state index is 0.00805. The number of carbonyl (C=O) groups excluding carboxylic acids is 3. The zero-order valence-electron chi connectivity index (χ0n) is 24.3. The lowest BCUT2D eigenvalue weighted by Crippen LogP contribution is -2.62. The molecule has 5 aliphatic rings. The number of Topliss-reactive ketones (excluding diaryl/α,β-unsaturated/α-hetero) is 1. The standard InChI is InChI=1S/C33H43NO7/c1-31-10-8-24(35)17-23(31)6-7-25-26-9-11-33(39,32(26,2)18-27(36)29(25)31)28(37)20-41-30(38)22-5-3-4-21(16-22)19-34-12-14-40-15-13-34/h3-5,16-17,25-27,29,36,39H,6-15,18-20H2,1-2H3/t25?,26?,27?,29?,31?,32?,33-/m0/s1. The van der Waals surface area contributed by atoms with Crippen molar-refractivity contribution in [2.75, 3.05) is 32.9 Å². The van der Waals surface area contributed by atoms with Gasteiger partial charge in [-0.15, -0.1) is 0 Å². The Hall–Kier alpha value is -2.39. The van der Waals surface area contributed by atoms with E-state index in [-0.39, 0.29) is 29.0 Å². The third-order valence-corrected chi connectivity index (χ3v) is 11.5. The number of ether oxygens (including phenoxy) is 2. The van der Waals surface area contributed by atoms with Gasteiger partial charge in [-0.3, -0.25) is 14.5 Å². The molecule has 0 bridgehead atoms. The molecular weight excluding hydrogens is 522 g/mol. The zero-order chi connectivity index (χ0) is 29.0. The van der Waals surface area contributed by atoms with Gasteiger partial charge in [-0.2, -0.15) is 0 Å². The number of aliphatic hydroxyl groups is 2. The molecule has 6 unspecified atom stereocenters. The molecule has 8 nitrogen and oxygen atoms in total. The average molecular weight is 566 g/mol. The van der Waals surface area contributed by atoms with Crippen LogP contribution in [0.2, 0.25) is 0 Å². The van der Waals surface area contributed by atoms with Crippen LogP contribution in [0.3, 0.4) is 0 Å². The molecule has 1 aromatic rings. The summed E-state index contributed by atoms with van der Waals surface area (Å²) in [6.07, 6.45) is 5.34. The predicted octanol–water partition coefficient (Wildman–Crippen LogP) is 3.48. The van der Waals surface area contributed by atoms with E-state index < -0.39 is 35.5 Å². The number of fused-ring (bicyclic) bond motifs is 5. The van der Waals surface area contributed by atoms with E-state index in [1.165, 1.54) is 0 Å². The van der Waals surface area contributed by atoms with E-state index in [4.69, 9.17) is 9.47 Å². The van der Waals surface area contributed by atoms with Gasteiger partial charge in [-0.05, 0) is 85.5 Å². The van der Waals surface area contributed by atoms with E-state index in [1.807, 2.05) is 19.1 Å². The summed E-state index contributed by atoms with van der Waals surface area (Å²) in [7, 11) is 0. The molecule has 1 heterocycles. The van der Waals surface area contributed by atoms with Crippen LogP contribution in [0.4, 0.5) is 0 Å². The Morgan fingerprint density at radius 1 is 1.12 bits per heavy atom. The van der Waals surface area contributed by atoms with Gasteiger partial charge >= 0.3 is 5.97 Å². The predicted molar refractivity (Wildman–Crippen MR) is 151 cm³/mol. The summed E-state index contributed by atoms with van der Waals surface area (Å²) in [5, 5.41) is 23.5. The van der Waals surface area contributed by atoms with E-state index >= 15 is 0 Å². The van der Waals surface area contributed by atoms with Gasteiger partial charge in [0.25, 0.3) is 0 Å². The van der Waals surface area contributed by atoms with Crippen LogP contribution in [0, 0.1) is 28.6 Å². The average Bonchev–Trinajstić information content (AvgIpc) is 3.23. The first kappa shape index (κ1) is 28.7. The summed E-state index contributed by atoms with van der Waals surface area (Å²) in [5.74, 6) is -0.650. The van der Waals surface area contributed by atoms with Gasteiger partial charge in [-0.25, -0.2) is 4.79 Å². The molecule has 7 atom stereocenters. The summed E-state index contributed by atoms with van der Waals surface area (Å²) in [5.41, 5.74) is -0.174. The molecule has 3 saturated carbocycles. The summed E-state index contributed by atoms with van der Waals surface area (Å²) in [4.78, 5) is 41.0. The van der Waals surface area contributed by atoms with Gasteiger partial charge in [0.15, 0.2) is 12.4 Å². The topological polar surface area (TPSA) is 113 Å². The van der Waals surface area contributed by atoms with Crippen LogP contribution < -0.4 is 0 Å². The number of carbonyl (C=O) groups is 3. The van der Waals surface area contributed by atoms with Gasteiger partial charge in [0.1, 0.15) is 5.60 Å². The molecule has 0 aromatic heterocycles. The molecule has 41 heavy (non-hydrogen) atoms. The van der Waals surface area contributed by atoms with Crippen molar-refractivity contribution in [2.45, 2.75) is 77.0 Å². The maximum atomic E-state index is 13.6. The minimum atomic E-state index is -1.67. The fraction of sp³-hybridized carbons (Fsp3) is 0.667. The maximum Gasteiger partial charge on any atom is 0.338 e. The largest absolute Gasteiger partial charge is 0.454 e. The highest BCUT2D eigenvalue weighted by Crippen LogP contribution is 2.67. The molecule has 6 rings (SSSR count). The highest BCUT2D eigenvalue weighted by Gasteiger charge is 2.68. The lowest BCUT2D eigenvalue weighted by Gasteiger charge is -2.60. The zero-order valence-corrected chi connectivity index (χ0v) is 24.3. The van der Waals surface area contributed by atoms with Gasteiger partial charge in [0.05, 0.1) is 24.9 Å². The third-order valence-electron chi connectivity index (χ3n) is 11.5. The Morgan fingerprint density at radius 2 is 1.90 bits per heavy atom. The monoisotopic (exact) mass is 565 g/mol. The fourth-order valence-corrected chi connectivity index (χ4v) is 9.30. The van der Waals surface area contributed by atoms with Gasteiger partial charge < -0.3 is 19.7 Å². The number of hydrogen-bond acceptors (Lipinski definition) is 8. The molecule has 8 heteroatoms. The van der Waals surface area contributed by atoms with Crippen LogP contribution in [0.25, 0.3) is 0 Å². The molecule has 1 aliphatic heterocycles. The van der Waals surface area contributed by atoms with Crippen molar-refractivity contribution in [1.82, 2.24) is 4.90 Å². The Bertz CT molecular complexity index is 1250. The number of benzene rings is 1. The second-order valence-corrected chi connectivity index (χ2v) is 13.6. The Labute approximate surface area is 242 Å². The van der Waals surface area contributed by atoms with Crippen LogP contribution >= 0.6 is 0 Å². The summed E-state index contributed by atoms with van der Waals surface area (Å²) >= 11 is 0. The van der Waals surface area contributed by atoms with Crippen molar-refractivity contribution in [3.8, 4) is 0 Å². The number of nitrogens with zero attached hydrogens (tertiary/aromatic N) is 1. The van der Waals surface area contributed by atoms with Crippen LogP contribution in [0.5, 0.6) is 0 Å². The second kappa shape index (κ2) is 10.7. The number of allylic oxidation sites excluding steroid dienone is 1. The number of esters is 1. The smallest absolute Gasteiger partial charge is 0.338 e. The molecule has 222 valence electrons. The summed E-state index contributed by atoms with van der Waals surface area (Å²) in [6, 6.07) is 7.27. The molecule has 0 amide bonds. The van der Waals surface area contributed by atoms with Crippen LogP contribution in [0.1, 0.15) is 74.7 Å². The van der Waals surface area contributed by atoms with Crippen LogP contribution in [0.15, 0.2) is 35.9 Å². The molecule has 4 fully saturated rings. The number of aliphatic hydroxyl groups excluding tert-OH is 1. The number of rotatable bonds is 6. The van der Waals surface area contributed by atoms with E-state index in [0.29, 0.717) is 51.0 Å². The van der Waals surface area contributed by atoms with Crippen molar-refractivity contribution in [3.63, 3.8) is 0 Å². The highest BCUT2D eigenvalue weighted by atomic mass is 16.5. The van der Waals surface area contributed by atoms with Crippen molar-refractivity contribution >= 4 is 17.5 Å². The summed E-state index contributed by atoms with van der Waals surface area (Å²) < 4.78 is 10.9. The van der Waals surface area contributed by atoms with Crippen LogP contribution in [-0.4, -0.2) is 77.3 Å². The maximum absolute atomic E-state index is 13.6. The molecule has 2 N–H and O–H groups in total. The number of hydrogen-bond donors (Lipinski definition) is 2. The molecule has 1 aromatic carbocycles. The Kier molecular flexibility index (Phi) is 7.50. The molecule has 0 radical (unpaired) electrons. The Morgan fingerprint density at radius 3 is 2.68 bits per heavy atom. The minimum Gasteiger partial charge on any atom is -0.454 e. The highest BCUT2D eigenvalue weighted by molar-refractivity contribution is 5.94. The van der Waals surface area contributed by atoms with Crippen molar-refractivity contribution in [3.05, 3.63) is 47.0 Å². The van der Waals surface area contributed by atoms with Gasteiger partial charge in [0.2, 0.25) is 5.78 Å². The van der Waals surface area contributed by atoms with Crippen molar-refractivity contribution < 1.29 is 34.1 Å². The second-order valence-electron chi connectivity index (χ2n) is 13.6. The normalized spacial score (nSPS) is 38.8. The SMILES string of the molecule is CC12CCC(=O)C=C1CCC1C2C(O)CC2(C)C1CC[C@]2(O)C(=O)COC(=O)c1cccc(CN2CCOCC2)c1. The molecule has 0 spiro atoms. The van der Waals surface area contributed by atoms with Gasteiger partial charge in [-0.1, -0.05) is 31.6 Å². The first-order chi connectivity index (χ1) is 19.5. The first-order valence-electron chi connectivity index (χ1n) is 15.3. The Balaban J connectivity index is 1.14. The first-order valence-corrected chi connectivity index (χ1v) is 15.3. The molecular formula is C33H43NO7. The number of morpholine rings is 1. The van der Waals surface area contributed by atoms with E-state index in [0.717, 1.165) is 43.5 Å². The van der Waals surface area contributed by atoms with Crippen LogP contribution in [-0.2, 0) is 25.6 Å². The van der Waals surface area contributed by atoms with Crippen molar-refractivity contribution in [2.24, 2.45) is 28.6 Å². The van der Waals surface area contributed by atoms with Gasteiger partial charge in [0, 0.05) is 31.5 Å². The lowest BCUT2D eigenvalue weighted by atomic mass is 9.45.